The van der Waals surface area contributed by atoms with E-state index in [0.717, 1.165) is 17.6 Å². The highest BCUT2D eigenvalue weighted by molar-refractivity contribution is 6.39. The molecule has 2 N–H and O–H groups in total. The van der Waals surface area contributed by atoms with Crippen LogP contribution < -0.4 is 0 Å². The number of rotatable bonds is 7. The molecule has 3 aliphatic heterocycles. The number of nitrogens with zero attached hydrogens (tertiary/aromatic N) is 1. The van der Waals surface area contributed by atoms with Gasteiger partial charge in [0.25, 0.3) is 11.7 Å². The minimum atomic E-state index is -2.48. The molecule has 4 rings (SSSR count). The fourth-order valence-corrected chi connectivity index (χ4v) is 9.12. The quantitative estimate of drug-likeness (QED) is 0.192. The lowest BCUT2D eigenvalue weighted by Crippen LogP contribution is -2.64. The third-order valence-corrected chi connectivity index (χ3v) is 12.4. The van der Waals surface area contributed by atoms with Gasteiger partial charge in [-0.2, -0.15) is 0 Å². The van der Waals surface area contributed by atoms with E-state index >= 15 is 0 Å². The molecule has 3 heterocycles. The lowest BCUT2D eigenvalue weighted by Gasteiger charge is -2.47. The summed E-state index contributed by atoms with van der Waals surface area (Å²) in [7, 11) is 4.66. The smallest absolute Gasteiger partial charge is 0.329 e. The molecule has 1 amide bonds. The van der Waals surface area contributed by atoms with Gasteiger partial charge in [-0.05, 0) is 102 Å². The number of ether oxygens (including phenoxy) is 5. The number of allylic oxidation sites excluding steroid dienone is 5. The molecule has 13 unspecified atom stereocenters. The molecule has 1 saturated carbocycles. The maximum Gasteiger partial charge on any atom is 0.329 e. The summed E-state index contributed by atoms with van der Waals surface area (Å²) in [5, 5.41) is 22.4. The second-order valence-electron chi connectivity index (χ2n) is 16.8. The summed E-state index contributed by atoms with van der Waals surface area (Å²) in [6.45, 7) is 13.5. The Morgan fingerprint density at radius 2 is 1.66 bits per heavy atom. The van der Waals surface area contributed by atoms with Crippen LogP contribution >= 0.6 is 0 Å². The number of aliphatic hydroxyl groups excluding tert-OH is 1. The topological polar surface area (TPSA) is 158 Å². The Bertz CT molecular complexity index is 1490. The Morgan fingerprint density at radius 1 is 0.982 bits per heavy atom. The van der Waals surface area contributed by atoms with Crippen LogP contribution in [0.4, 0.5) is 0 Å². The summed E-state index contributed by atoms with van der Waals surface area (Å²) in [6.07, 6.45) is 10.5. The molecule has 2 saturated heterocycles. The number of methoxy groups -OCH3 is 3. The molecule has 1 aliphatic carbocycles. The van der Waals surface area contributed by atoms with E-state index in [0.29, 0.717) is 44.9 Å². The van der Waals surface area contributed by atoms with Crippen LogP contribution in [-0.4, -0.2) is 115 Å². The first-order valence-electron chi connectivity index (χ1n) is 20.5. The van der Waals surface area contributed by atoms with E-state index in [2.05, 4.69) is 19.6 Å². The highest BCUT2D eigenvalue weighted by atomic mass is 16.7. The summed E-state index contributed by atoms with van der Waals surface area (Å²) in [5.74, 6) is -7.00. The summed E-state index contributed by atoms with van der Waals surface area (Å²) in [5.41, 5.74) is 1.77. The Kier molecular flexibility index (Phi) is 16.8. The number of ketones is 2. The van der Waals surface area contributed by atoms with E-state index in [1.165, 1.54) is 19.1 Å². The Morgan fingerprint density at radius 3 is 2.32 bits per heavy atom. The van der Waals surface area contributed by atoms with Gasteiger partial charge < -0.3 is 38.8 Å². The normalized spacial score (nSPS) is 39.5. The van der Waals surface area contributed by atoms with Crippen molar-refractivity contribution in [2.45, 2.75) is 147 Å². The first-order chi connectivity index (χ1) is 26.6. The van der Waals surface area contributed by atoms with E-state index in [9.17, 15) is 29.4 Å². The van der Waals surface area contributed by atoms with Crippen molar-refractivity contribution >= 4 is 23.4 Å². The van der Waals surface area contributed by atoms with Gasteiger partial charge in [0, 0.05) is 45.6 Å². The maximum atomic E-state index is 14.3. The minimum absolute atomic E-state index is 0.0469. The SMILES string of the molecule is C=CCC1C=C(C)CC(C)CC(OC)C2OC(O)(C(=O)C(=O)N3CCCCC3C(=O)OC(C(C)=CC3CCC(O)C(OC)C3)C(C)/C=C\C1=O)C(C)CC2OC. The fourth-order valence-electron chi connectivity index (χ4n) is 9.12. The number of hydrogen-bond donors (Lipinski definition) is 2. The Balaban J connectivity index is 1.78. The van der Waals surface area contributed by atoms with Gasteiger partial charge in [-0.3, -0.25) is 14.4 Å². The van der Waals surface area contributed by atoms with Crippen molar-refractivity contribution in [1.29, 1.82) is 0 Å². The molecular formula is C44H67NO11. The lowest BCUT2D eigenvalue weighted by atomic mass is 9.82. The van der Waals surface area contributed by atoms with Gasteiger partial charge >= 0.3 is 5.97 Å². The van der Waals surface area contributed by atoms with E-state index in [1.54, 1.807) is 32.3 Å². The van der Waals surface area contributed by atoms with Gasteiger partial charge in [0.2, 0.25) is 5.79 Å². The third-order valence-electron chi connectivity index (χ3n) is 12.4. The molecule has 12 heteroatoms. The number of cyclic esters (lactones) is 1. The van der Waals surface area contributed by atoms with Gasteiger partial charge in [0.1, 0.15) is 18.2 Å². The minimum Gasteiger partial charge on any atom is -0.456 e. The molecule has 0 radical (unpaired) electrons. The number of carbonyl (C=O) groups is 4. The maximum absolute atomic E-state index is 14.3. The first kappa shape index (κ1) is 45.7. The lowest BCUT2D eigenvalue weighted by molar-refractivity contribution is -0.302. The zero-order valence-electron chi connectivity index (χ0n) is 34.8. The van der Waals surface area contributed by atoms with Crippen molar-refractivity contribution in [3.8, 4) is 0 Å². The van der Waals surface area contributed by atoms with Gasteiger partial charge in [0.05, 0.1) is 24.4 Å². The zero-order chi connectivity index (χ0) is 41.3. The molecule has 0 aromatic rings. The molecule has 0 aromatic heterocycles. The Hall–Kier alpha value is -3.00. The van der Waals surface area contributed by atoms with Crippen molar-refractivity contribution in [3.63, 3.8) is 0 Å². The highest BCUT2D eigenvalue weighted by Crippen LogP contribution is 2.39. The average molecular weight is 786 g/mol. The number of esters is 1. The van der Waals surface area contributed by atoms with Crippen LogP contribution in [0.3, 0.4) is 0 Å². The molecule has 0 spiro atoms. The van der Waals surface area contributed by atoms with E-state index < -0.39 is 77.8 Å². The zero-order valence-corrected chi connectivity index (χ0v) is 34.8. The molecule has 4 aliphatic rings. The summed E-state index contributed by atoms with van der Waals surface area (Å²) in [6, 6.07) is -1.08. The average Bonchev–Trinajstić information content (AvgIpc) is 3.18. The van der Waals surface area contributed by atoms with Crippen LogP contribution in [0, 0.1) is 29.6 Å². The predicted octanol–water partition coefficient (Wildman–Crippen LogP) is 5.44. The molecule has 12 nitrogen and oxygen atoms in total. The van der Waals surface area contributed by atoms with Crippen molar-refractivity contribution in [2.75, 3.05) is 27.9 Å². The number of hydrogen-bond acceptors (Lipinski definition) is 11. The number of Topliss-reactive ketones (excluding diaryl/α,β-unsaturated/α-hetero) is 1. The second-order valence-corrected chi connectivity index (χ2v) is 16.8. The number of carbonyl (C=O) groups excluding carboxylic acids is 4. The fraction of sp³-hybridized carbons (Fsp3) is 0.727. The van der Waals surface area contributed by atoms with Crippen molar-refractivity contribution in [1.82, 2.24) is 4.90 Å². The van der Waals surface area contributed by atoms with E-state index in [-0.39, 0.29) is 43.1 Å². The van der Waals surface area contributed by atoms with Crippen LogP contribution in [-0.2, 0) is 42.9 Å². The molecule has 2 bridgehead atoms. The molecule has 3 fully saturated rings. The molecular weight excluding hydrogens is 718 g/mol. The molecule has 0 aromatic carbocycles. The second kappa shape index (κ2) is 20.6. The standard InChI is InChI=1S/C44H67NO11/c1-10-13-32-21-26(2)20-27(3)22-37(53-8)40-38(54-9)24-30(6)44(51,56-40)41(48)42(49)45-19-12-11-14-33(45)43(50)55-39(28(4)15-17-34(32)46)29(5)23-31-16-18-35(47)36(25-31)52-7/h10,15,17,21,23,27-28,30-33,35-40,47,51H,1,11-14,16,18-20,22,24-25H2,2-9H3/b17-15-,26-21?,29-23?. The molecule has 13 atom stereocenters. The van der Waals surface area contributed by atoms with Crippen LogP contribution in [0.25, 0.3) is 0 Å². The van der Waals surface area contributed by atoms with Gasteiger partial charge in [-0.15, -0.1) is 6.58 Å². The number of amides is 1. The monoisotopic (exact) mass is 785 g/mol. The molecule has 56 heavy (non-hydrogen) atoms. The molecule has 314 valence electrons. The van der Waals surface area contributed by atoms with Gasteiger partial charge in [0.15, 0.2) is 5.78 Å². The number of fused-ring (bicyclic) bond motifs is 3. The summed E-state index contributed by atoms with van der Waals surface area (Å²) >= 11 is 0. The van der Waals surface area contributed by atoms with Crippen LogP contribution in [0.5, 0.6) is 0 Å². The van der Waals surface area contributed by atoms with Crippen molar-refractivity contribution in [3.05, 3.63) is 48.1 Å². The number of aliphatic hydroxyl groups is 2. The Labute approximate surface area is 333 Å². The summed E-state index contributed by atoms with van der Waals surface area (Å²) in [4.78, 5) is 57.6. The third kappa shape index (κ3) is 10.9. The van der Waals surface area contributed by atoms with E-state index in [1.807, 2.05) is 26.8 Å². The van der Waals surface area contributed by atoms with Crippen molar-refractivity contribution < 1.29 is 53.1 Å². The number of piperidine rings is 1. The highest BCUT2D eigenvalue weighted by Gasteiger charge is 2.56. The van der Waals surface area contributed by atoms with Crippen LogP contribution in [0.2, 0.25) is 0 Å². The largest absolute Gasteiger partial charge is 0.456 e. The van der Waals surface area contributed by atoms with E-state index in [4.69, 9.17) is 23.7 Å². The van der Waals surface area contributed by atoms with Gasteiger partial charge in [-0.25, -0.2) is 4.79 Å². The van der Waals surface area contributed by atoms with Crippen molar-refractivity contribution in [2.24, 2.45) is 29.6 Å². The predicted molar refractivity (Wildman–Crippen MR) is 211 cm³/mol. The first-order valence-corrected chi connectivity index (χ1v) is 20.5. The summed E-state index contributed by atoms with van der Waals surface area (Å²) < 4.78 is 29.8. The van der Waals surface area contributed by atoms with Crippen LogP contribution in [0.15, 0.2) is 48.1 Å². The van der Waals surface area contributed by atoms with Gasteiger partial charge in [-0.1, -0.05) is 50.6 Å². The van der Waals surface area contributed by atoms with Crippen LogP contribution in [0.1, 0.15) is 98.8 Å².